The van der Waals surface area contributed by atoms with Gasteiger partial charge in [-0.05, 0) is 55.5 Å². The monoisotopic (exact) mass is 423 g/mol. The number of fused-ring (bicyclic) bond motifs is 1. The van der Waals surface area contributed by atoms with E-state index >= 15 is 0 Å². The Hall–Kier alpha value is -4.66. The minimum atomic E-state index is -0.563. The molecule has 0 saturated heterocycles. The molecule has 0 atom stereocenters. The van der Waals surface area contributed by atoms with E-state index in [0.29, 0.717) is 16.9 Å². The van der Waals surface area contributed by atoms with E-state index in [1.165, 1.54) is 24.5 Å². The number of rotatable bonds is 4. The summed E-state index contributed by atoms with van der Waals surface area (Å²) in [5.41, 5.74) is 3.63. The molecule has 0 aliphatic heterocycles. The summed E-state index contributed by atoms with van der Waals surface area (Å²) < 4.78 is 0.920. The third kappa shape index (κ3) is 3.52. The molecule has 2 N–H and O–H groups in total. The van der Waals surface area contributed by atoms with Gasteiger partial charge < -0.3 is 4.98 Å². The molecule has 0 aliphatic carbocycles. The van der Waals surface area contributed by atoms with Crippen molar-refractivity contribution >= 4 is 28.3 Å². The van der Waals surface area contributed by atoms with Crippen LogP contribution in [0, 0.1) is 6.92 Å². The van der Waals surface area contributed by atoms with Crippen LogP contribution in [0.3, 0.4) is 0 Å². The van der Waals surface area contributed by atoms with Gasteiger partial charge in [-0.2, -0.15) is 9.80 Å². The van der Waals surface area contributed by atoms with E-state index in [1.54, 1.807) is 19.1 Å². The molecule has 9 heteroatoms. The van der Waals surface area contributed by atoms with E-state index < -0.39 is 11.5 Å². The molecule has 0 spiro atoms. The van der Waals surface area contributed by atoms with Gasteiger partial charge in [0.2, 0.25) is 0 Å². The van der Waals surface area contributed by atoms with Crippen LogP contribution in [0.1, 0.15) is 16.1 Å². The van der Waals surface area contributed by atoms with E-state index in [1.807, 2.05) is 36.4 Å². The third-order valence-electron chi connectivity index (χ3n) is 4.97. The molecule has 156 valence electrons. The summed E-state index contributed by atoms with van der Waals surface area (Å²) in [6, 6.07) is 18.2. The van der Waals surface area contributed by atoms with Crippen molar-refractivity contribution in [2.24, 2.45) is 10.2 Å². The van der Waals surface area contributed by atoms with E-state index in [9.17, 15) is 9.59 Å². The van der Waals surface area contributed by atoms with Crippen molar-refractivity contribution in [3.63, 3.8) is 0 Å². The molecule has 5 rings (SSSR count). The van der Waals surface area contributed by atoms with Crippen LogP contribution in [-0.2, 0) is 0 Å². The minimum absolute atomic E-state index is 0.0776. The molecule has 0 fully saturated rings. The van der Waals surface area contributed by atoms with Crippen molar-refractivity contribution in [2.75, 3.05) is 0 Å². The first kappa shape index (κ1) is 19.3. The molecule has 3 heterocycles. The first-order valence-electron chi connectivity index (χ1n) is 9.83. The van der Waals surface area contributed by atoms with Crippen LogP contribution in [0.4, 0.5) is 11.4 Å². The average Bonchev–Trinajstić information content (AvgIpc) is 3.39. The fraction of sp³-hybridized carbons (Fsp3) is 0.0435. The van der Waals surface area contributed by atoms with Crippen LogP contribution in [0.5, 0.6) is 0 Å². The second kappa shape index (κ2) is 7.88. The van der Waals surface area contributed by atoms with Crippen molar-refractivity contribution in [1.82, 2.24) is 24.7 Å². The summed E-state index contributed by atoms with van der Waals surface area (Å²) in [6.07, 6.45) is 2.98. The maximum atomic E-state index is 12.7. The first-order chi connectivity index (χ1) is 15.6. The van der Waals surface area contributed by atoms with Gasteiger partial charge in [0, 0.05) is 23.5 Å². The number of imidazole rings is 1. The van der Waals surface area contributed by atoms with Crippen LogP contribution in [0.25, 0.3) is 22.4 Å². The Morgan fingerprint density at radius 3 is 2.47 bits per heavy atom. The highest BCUT2D eigenvalue weighted by Gasteiger charge is 2.17. The van der Waals surface area contributed by atoms with Gasteiger partial charge in [0.25, 0.3) is 5.91 Å². The number of benzene rings is 2. The Balaban J connectivity index is 1.39. The molecular weight excluding hydrogens is 406 g/mol. The zero-order chi connectivity index (χ0) is 22.1. The summed E-state index contributed by atoms with van der Waals surface area (Å²) >= 11 is 0. The molecule has 2 aromatic carbocycles. The van der Waals surface area contributed by atoms with Gasteiger partial charge in [0.15, 0.2) is 5.69 Å². The molecule has 0 unspecified atom stereocenters. The van der Waals surface area contributed by atoms with Crippen molar-refractivity contribution in [1.29, 1.82) is 0 Å². The Kier molecular flexibility index (Phi) is 4.75. The normalized spacial score (nSPS) is 11.4. The Morgan fingerprint density at radius 1 is 0.969 bits per heavy atom. The fourth-order valence-corrected chi connectivity index (χ4v) is 3.31. The summed E-state index contributed by atoms with van der Waals surface area (Å²) in [5.74, 6) is 0.269. The number of nitrogens with one attached hydrogen (secondary N) is 2. The summed E-state index contributed by atoms with van der Waals surface area (Å²) in [5, 5.41) is 11.0. The number of aromatic amines is 2. The molecular formula is C23H17N7O2. The molecule has 9 nitrogen and oxygen atoms in total. The number of aromatic nitrogens is 5. The zero-order valence-electron chi connectivity index (χ0n) is 17.0. The quantitative estimate of drug-likeness (QED) is 0.413. The van der Waals surface area contributed by atoms with E-state index in [4.69, 9.17) is 0 Å². The molecule has 0 saturated carbocycles. The van der Waals surface area contributed by atoms with Gasteiger partial charge in [0.05, 0.1) is 22.4 Å². The lowest BCUT2D eigenvalue weighted by atomic mass is 10.2. The number of H-pyrrole nitrogens is 2. The summed E-state index contributed by atoms with van der Waals surface area (Å²) in [6.45, 7) is 1.66. The lowest BCUT2D eigenvalue weighted by Gasteiger charge is -1.99. The largest absolute Gasteiger partial charge is 0.338 e. The number of hydrogen-bond acceptors (Lipinski definition) is 6. The summed E-state index contributed by atoms with van der Waals surface area (Å²) in [7, 11) is 0. The minimum Gasteiger partial charge on any atom is -0.338 e. The number of carbonyl (C=O) groups is 1. The van der Waals surface area contributed by atoms with Gasteiger partial charge >= 0.3 is 5.56 Å². The SMILES string of the molecule is Cc1[nH]n(C(=O)c2ccncc2)c(=O)c1N=Nc1ccc(-c2nc3ccccc3[nH]2)cc1. The number of hydrogen-bond donors (Lipinski definition) is 2. The van der Waals surface area contributed by atoms with Crippen molar-refractivity contribution < 1.29 is 4.79 Å². The number of para-hydroxylation sites is 2. The van der Waals surface area contributed by atoms with E-state index in [2.05, 4.69) is 30.3 Å². The first-order valence-corrected chi connectivity index (χ1v) is 9.83. The van der Waals surface area contributed by atoms with Crippen LogP contribution < -0.4 is 5.56 Å². The lowest BCUT2D eigenvalue weighted by molar-refractivity contribution is 0.0941. The Labute approximate surface area is 181 Å². The predicted molar refractivity (Wildman–Crippen MR) is 119 cm³/mol. The smallest absolute Gasteiger partial charge is 0.302 e. The highest BCUT2D eigenvalue weighted by Crippen LogP contribution is 2.24. The Bertz CT molecular complexity index is 1480. The standard InChI is InChI=1S/C23H17N7O2/c1-14-20(23(32)30(29-14)22(31)16-10-12-24-13-11-16)28-27-17-8-6-15(7-9-17)21-25-18-4-2-3-5-19(18)26-21/h2-13,29H,1H3,(H,25,26). The summed E-state index contributed by atoms with van der Waals surface area (Å²) in [4.78, 5) is 37.0. The van der Waals surface area contributed by atoms with Crippen molar-refractivity contribution in [3.8, 4) is 11.4 Å². The zero-order valence-corrected chi connectivity index (χ0v) is 17.0. The average molecular weight is 423 g/mol. The van der Waals surface area contributed by atoms with Gasteiger partial charge in [0.1, 0.15) is 5.82 Å². The van der Waals surface area contributed by atoms with E-state index in [0.717, 1.165) is 27.1 Å². The second-order valence-corrected chi connectivity index (χ2v) is 7.12. The molecule has 0 amide bonds. The van der Waals surface area contributed by atoms with Gasteiger partial charge in [-0.3, -0.25) is 19.7 Å². The highest BCUT2D eigenvalue weighted by atomic mass is 16.2. The maximum Gasteiger partial charge on any atom is 0.302 e. The van der Waals surface area contributed by atoms with Crippen molar-refractivity contribution in [3.05, 3.63) is 94.7 Å². The number of azo groups is 1. The predicted octanol–water partition coefficient (Wildman–Crippen LogP) is 4.53. The molecule has 0 radical (unpaired) electrons. The number of nitrogens with zero attached hydrogens (tertiary/aromatic N) is 5. The van der Waals surface area contributed by atoms with Crippen LogP contribution >= 0.6 is 0 Å². The van der Waals surface area contributed by atoms with Crippen molar-refractivity contribution in [2.45, 2.75) is 6.92 Å². The fourth-order valence-electron chi connectivity index (χ4n) is 3.31. The number of pyridine rings is 1. The van der Waals surface area contributed by atoms with Gasteiger partial charge in [-0.1, -0.05) is 12.1 Å². The lowest BCUT2D eigenvalue weighted by Crippen LogP contribution is -2.25. The number of aryl methyl sites for hydroxylation is 1. The van der Waals surface area contributed by atoms with Gasteiger partial charge in [-0.15, -0.1) is 5.11 Å². The Morgan fingerprint density at radius 2 is 1.72 bits per heavy atom. The van der Waals surface area contributed by atoms with Crippen LogP contribution in [0.15, 0.2) is 88.1 Å². The second-order valence-electron chi connectivity index (χ2n) is 7.12. The molecule has 32 heavy (non-hydrogen) atoms. The topological polar surface area (TPSA) is 121 Å². The van der Waals surface area contributed by atoms with Crippen LogP contribution in [0.2, 0.25) is 0 Å². The third-order valence-corrected chi connectivity index (χ3v) is 4.97. The molecule has 5 aromatic rings. The molecule has 0 aliphatic rings. The maximum absolute atomic E-state index is 12.7. The molecule has 3 aromatic heterocycles. The van der Waals surface area contributed by atoms with E-state index in [-0.39, 0.29) is 5.69 Å². The molecule has 0 bridgehead atoms. The highest BCUT2D eigenvalue weighted by molar-refractivity contribution is 5.95. The number of carbonyl (C=O) groups excluding carboxylic acids is 1. The van der Waals surface area contributed by atoms with Crippen LogP contribution in [-0.4, -0.2) is 30.6 Å². The van der Waals surface area contributed by atoms with Gasteiger partial charge in [-0.25, -0.2) is 4.98 Å².